The van der Waals surface area contributed by atoms with Crippen LogP contribution in [0.2, 0.25) is 0 Å². The second-order valence-corrected chi connectivity index (χ2v) is 1.61. The first-order chi connectivity index (χ1) is 4.13. The van der Waals surface area contributed by atoms with Gasteiger partial charge in [0, 0.05) is 0 Å². The number of carbonyl (C=O) groups is 1. The van der Waals surface area contributed by atoms with Crippen LogP contribution in [-0.4, -0.2) is 11.3 Å². The summed E-state index contributed by atoms with van der Waals surface area (Å²) in [6, 6.07) is 0. The van der Waals surface area contributed by atoms with Gasteiger partial charge in [-0.05, 0) is 22.5 Å². The Labute approximate surface area is 61.8 Å². The summed E-state index contributed by atoms with van der Waals surface area (Å²) in [6.45, 7) is 9.11. The molecule has 0 saturated heterocycles. The van der Waals surface area contributed by atoms with Crippen LogP contribution >= 0.6 is 15.9 Å². The van der Waals surface area contributed by atoms with Gasteiger partial charge in [0.25, 0.3) is 0 Å². The monoisotopic (exact) mass is 194 g/mol. The van der Waals surface area contributed by atoms with E-state index in [1.165, 1.54) is 0 Å². The molecule has 0 atom stereocenters. The van der Waals surface area contributed by atoms with E-state index in [0.717, 1.165) is 0 Å². The molecule has 0 aromatic carbocycles. The quantitative estimate of drug-likeness (QED) is 0.396. The number of halogens is 1. The maximum absolute atomic E-state index is 9.50. The molecular weight excluding hydrogens is 188 g/mol. The molecule has 1 N–H and O–H groups in total. The zero-order valence-electron chi connectivity index (χ0n) is 4.76. The van der Waals surface area contributed by atoms with Crippen molar-refractivity contribution in [3.8, 4) is 0 Å². The Morgan fingerprint density at radius 3 is 1.89 bits per heavy atom. The minimum absolute atomic E-state index is 0.000000000000000222. The molecule has 0 aliphatic heterocycles. The Bertz CT molecular complexity index is 98.8. The Morgan fingerprint density at radius 2 is 1.89 bits per heavy atom. The molecular formula is C5H7BrO3. The van der Waals surface area contributed by atoms with Gasteiger partial charge in [0.05, 0.1) is 0 Å². The zero-order chi connectivity index (χ0) is 7.86. The van der Waals surface area contributed by atoms with Crippen LogP contribution in [0.5, 0.6) is 0 Å². The van der Waals surface area contributed by atoms with Crippen LogP contribution in [0, 0.1) is 0 Å². The second-order valence-electron chi connectivity index (χ2n) is 0.723. The van der Waals surface area contributed by atoms with E-state index in [4.69, 9.17) is 5.11 Å². The lowest BCUT2D eigenvalue weighted by Gasteiger charge is -1.89. The normalized spacial score (nSPS) is 6.33. The van der Waals surface area contributed by atoms with Gasteiger partial charge in [-0.1, -0.05) is 0 Å². The molecule has 0 aromatic rings. The van der Waals surface area contributed by atoms with E-state index in [-0.39, 0.29) is 4.67 Å². The van der Waals surface area contributed by atoms with E-state index in [1.807, 2.05) is 0 Å². The van der Waals surface area contributed by atoms with Gasteiger partial charge >= 0.3 is 6.16 Å². The smallest absolute Gasteiger partial charge is 0.449 e. The molecule has 0 bridgehead atoms. The van der Waals surface area contributed by atoms with Crippen molar-refractivity contribution in [1.82, 2.24) is 0 Å². The van der Waals surface area contributed by atoms with E-state index in [1.54, 1.807) is 0 Å². The van der Waals surface area contributed by atoms with Crippen molar-refractivity contribution in [1.29, 1.82) is 0 Å². The molecule has 0 spiro atoms. The number of carboxylic acid groups (broad SMARTS) is 1. The lowest BCUT2D eigenvalue weighted by molar-refractivity contribution is 0.126. The molecule has 0 fully saturated rings. The largest absolute Gasteiger partial charge is 0.511 e. The molecule has 52 valence electrons. The Morgan fingerprint density at radius 1 is 1.56 bits per heavy atom. The minimum atomic E-state index is -1.36. The van der Waals surface area contributed by atoms with E-state index in [2.05, 4.69) is 40.4 Å². The van der Waals surface area contributed by atoms with Crippen molar-refractivity contribution < 1.29 is 14.6 Å². The Balaban J connectivity index is 0. The van der Waals surface area contributed by atoms with Gasteiger partial charge in [-0.2, -0.15) is 0 Å². The molecule has 0 heterocycles. The molecule has 0 aliphatic carbocycles. The van der Waals surface area contributed by atoms with Gasteiger partial charge in [0.1, 0.15) is 0 Å². The summed E-state index contributed by atoms with van der Waals surface area (Å²) >= 11 is 2.68. The molecule has 4 heteroatoms. The van der Waals surface area contributed by atoms with Crippen molar-refractivity contribution >= 4 is 22.1 Å². The summed E-state index contributed by atoms with van der Waals surface area (Å²) in [6.07, 6.45) is -1.36. The molecule has 3 nitrogen and oxygen atoms in total. The van der Waals surface area contributed by atoms with Crippen LogP contribution in [0.4, 0.5) is 4.79 Å². The number of hydrogen-bond donors (Lipinski definition) is 1. The van der Waals surface area contributed by atoms with Gasteiger partial charge in [0.15, 0.2) is 4.67 Å². The summed E-state index contributed by atoms with van der Waals surface area (Å²) in [7, 11) is 0. The summed E-state index contributed by atoms with van der Waals surface area (Å²) in [5, 5.41) is 7.77. The van der Waals surface area contributed by atoms with Crippen LogP contribution < -0.4 is 0 Å². The van der Waals surface area contributed by atoms with Gasteiger partial charge in [-0.15, -0.1) is 13.2 Å². The molecule has 0 aliphatic rings. The lowest BCUT2D eigenvalue weighted by atomic mass is 11.1. The highest BCUT2D eigenvalue weighted by Crippen LogP contribution is 2.00. The van der Waals surface area contributed by atoms with Crippen molar-refractivity contribution in [2.75, 3.05) is 0 Å². The van der Waals surface area contributed by atoms with Crippen LogP contribution in [0.15, 0.2) is 24.4 Å². The van der Waals surface area contributed by atoms with Gasteiger partial charge in [0.2, 0.25) is 0 Å². The fraction of sp³-hybridized carbons (Fsp3) is 0. The van der Waals surface area contributed by atoms with Crippen LogP contribution in [0.1, 0.15) is 0 Å². The third-order valence-electron chi connectivity index (χ3n) is 0.198. The molecule has 0 aromatic heterocycles. The third kappa shape index (κ3) is 19.0. The molecule has 9 heavy (non-hydrogen) atoms. The number of rotatable bonds is 1. The van der Waals surface area contributed by atoms with E-state index >= 15 is 0 Å². The SMILES string of the molecule is C=C.C=C(Br)OC(=O)O. The molecule has 0 unspecified atom stereocenters. The summed E-state index contributed by atoms with van der Waals surface area (Å²) < 4.78 is 3.89. The predicted molar refractivity (Wildman–Crippen MR) is 38.4 cm³/mol. The first-order valence-corrected chi connectivity index (χ1v) is 2.67. The summed E-state index contributed by atoms with van der Waals surface area (Å²) in [4.78, 5) is 9.50. The highest BCUT2D eigenvalue weighted by Gasteiger charge is 1.93. The van der Waals surface area contributed by atoms with Crippen molar-refractivity contribution in [3.05, 3.63) is 24.4 Å². The summed E-state index contributed by atoms with van der Waals surface area (Å²) in [5.41, 5.74) is 0. The maximum atomic E-state index is 9.50. The Kier molecular flexibility index (Phi) is 8.90. The fourth-order valence-electron chi connectivity index (χ4n) is 0.0947. The molecule has 0 saturated carbocycles. The highest BCUT2D eigenvalue weighted by molar-refractivity contribution is 9.11. The molecule has 0 amide bonds. The standard InChI is InChI=1S/C3H3BrO3.C2H4/c1-2(4)7-3(5)6;1-2/h1H2,(H,5,6);1-2H2. The average molecular weight is 195 g/mol. The first-order valence-electron chi connectivity index (χ1n) is 1.88. The Hall–Kier alpha value is -0.770. The molecule has 0 radical (unpaired) electrons. The van der Waals surface area contributed by atoms with Gasteiger partial charge < -0.3 is 9.84 Å². The zero-order valence-corrected chi connectivity index (χ0v) is 6.35. The van der Waals surface area contributed by atoms with Crippen molar-refractivity contribution in [3.63, 3.8) is 0 Å². The van der Waals surface area contributed by atoms with E-state index in [0.29, 0.717) is 0 Å². The van der Waals surface area contributed by atoms with Gasteiger partial charge in [-0.25, -0.2) is 4.79 Å². The van der Waals surface area contributed by atoms with E-state index < -0.39 is 6.16 Å². The predicted octanol–water partition coefficient (Wildman–Crippen LogP) is 2.35. The van der Waals surface area contributed by atoms with Crippen molar-refractivity contribution in [2.45, 2.75) is 0 Å². The number of ether oxygens (including phenoxy) is 1. The maximum Gasteiger partial charge on any atom is 0.511 e. The number of hydrogen-bond acceptors (Lipinski definition) is 2. The second kappa shape index (κ2) is 7.23. The van der Waals surface area contributed by atoms with Gasteiger partial charge in [-0.3, -0.25) is 0 Å². The topological polar surface area (TPSA) is 46.5 Å². The third-order valence-corrected chi connectivity index (χ3v) is 0.360. The fourth-order valence-corrected chi connectivity index (χ4v) is 0.233. The average Bonchev–Trinajstić information content (AvgIpc) is 1.68. The van der Waals surface area contributed by atoms with Crippen LogP contribution in [0.3, 0.4) is 0 Å². The lowest BCUT2D eigenvalue weighted by Crippen LogP contribution is -1.93. The van der Waals surface area contributed by atoms with Crippen LogP contribution in [-0.2, 0) is 4.74 Å². The molecule has 0 rings (SSSR count). The minimum Gasteiger partial charge on any atom is -0.449 e. The van der Waals surface area contributed by atoms with Crippen molar-refractivity contribution in [2.24, 2.45) is 0 Å². The van der Waals surface area contributed by atoms with E-state index in [9.17, 15) is 4.79 Å². The summed E-state index contributed by atoms with van der Waals surface area (Å²) in [5.74, 6) is 0. The highest BCUT2D eigenvalue weighted by atomic mass is 79.9. The van der Waals surface area contributed by atoms with Crippen LogP contribution in [0.25, 0.3) is 0 Å². The first kappa shape index (κ1) is 11.1.